The summed E-state index contributed by atoms with van der Waals surface area (Å²) in [6, 6.07) is 18.9. The summed E-state index contributed by atoms with van der Waals surface area (Å²) in [7, 11) is 1.52. The van der Waals surface area contributed by atoms with Crippen molar-refractivity contribution < 1.29 is 23.8 Å². The molecule has 0 aliphatic carbocycles. The number of halogens is 1. The number of aliphatic hydroxyl groups excluding tert-OH is 1. The average molecular weight is 417 g/mol. The summed E-state index contributed by atoms with van der Waals surface area (Å²) in [5, 5.41) is 11.1. The lowest BCUT2D eigenvalue weighted by atomic mass is 9.94. The number of para-hydroxylation sites is 1. The second-order valence-corrected chi connectivity index (χ2v) is 7.25. The number of aryl methyl sites for hydroxylation is 1. The number of rotatable bonds is 4. The highest BCUT2D eigenvalue weighted by atomic mass is 19.1. The third kappa shape index (κ3) is 3.57. The molecule has 0 spiro atoms. The second-order valence-electron chi connectivity index (χ2n) is 7.25. The molecule has 0 radical (unpaired) electrons. The van der Waals surface area contributed by atoms with Crippen molar-refractivity contribution in [3.63, 3.8) is 0 Å². The summed E-state index contributed by atoms with van der Waals surface area (Å²) in [6.45, 7) is 1.56. The summed E-state index contributed by atoms with van der Waals surface area (Å²) in [6.07, 6.45) is 0. The van der Waals surface area contributed by atoms with E-state index in [9.17, 15) is 19.1 Å². The number of ether oxygens (including phenoxy) is 1. The van der Waals surface area contributed by atoms with E-state index in [2.05, 4.69) is 0 Å². The Bertz CT molecular complexity index is 1200. The minimum atomic E-state index is -0.872. The Kier molecular flexibility index (Phi) is 5.29. The van der Waals surface area contributed by atoms with Gasteiger partial charge in [0, 0.05) is 11.3 Å². The number of methoxy groups -OCH3 is 1. The number of hydrogen-bond acceptors (Lipinski definition) is 4. The van der Waals surface area contributed by atoms with Crippen LogP contribution in [0.25, 0.3) is 5.76 Å². The van der Waals surface area contributed by atoms with Gasteiger partial charge in [0.05, 0.1) is 18.7 Å². The smallest absolute Gasteiger partial charge is 0.300 e. The van der Waals surface area contributed by atoms with Gasteiger partial charge in [0.15, 0.2) is 0 Å². The first kappa shape index (κ1) is 20.3. The molecular formula is C25H20FNO4. The molecule has 1 unspecified atom stereocenters. The number of hydrogen-bond donors (Lipinski definition) is 1. The van der Waals surface area contributed by atoms with Crippen molar-refractivity contribution in [3.8, 4) is 5.75 Å². The fourth-order valence-corrected chi connectivity index (χ4v) is 3.76. The third-order valence-corrected chi connectivity index (χ3v) is 5.32. The van der Waals surface area contributed by atoms with E-state index >= 15 is 0 Å². The van der Waals surface area contributed by atoms with E-state index in [0.29, 0.717) is 22.6 Å². The normalized spacial score (nSPS) is 17.8. The minimum absolute atomic E-state index is 0.0619. The molecule has 1 aliphatic rings. The van der Waals surface area contributed by atoms with E-state index in [1.807, 2.05) is 6.07 Å². The van der Waals surface area contributed by atoms with Crippen molar-refractivity contribution in [3.05, 3.63) is 101 Å². The van der Waals surface area contributed by atoms with E-state index in [1.165, 1.54) is 30.2 Å². The molecule has 3 aromatic carbocycles. The Morgan fingerprint density at radius 1 is 1.00 bits per heavy atom. The molecule has 1 saturated heterocycles. The maximum atomic E-state index is 13.7. The van der Waals surface area contributed by atoms with Gasteiger partial charge in [0.25, 0.3) is 11.7 Å². The van der Waals surface area contributed by atoms with Crippen LogP contribution in [0.4, 0.5) is 10.1 Å². The van der Waals surface area contributed by atoms with Crippen LogP contribution >= 0.6 is 0 Å². The van der Waals surface area contributed by atoms with Crippen LogP contribution in [0.3, 0.4) is 0 Å². The van der Waals surface area contributed by atoms with Gasteiger partial charge in [0.1, 0.15) is 17.3 Å². The Balaban J connectivity index is 1.96. The van der Waals surface area contributed by atoms with Crippen LogP contribution < -0.4 is 9.64 Å². The zero-order chi connectivity index (χ0) is 22.1. The van der Waals surface area contributed by atoms with Crippen molar-refractivity contribution in [1.82, 2.24) is 0 Å². The lowest BCUT2D eigenvalue weighted by Crippen LogP contribution is -2.29. The first-order valence-corrected chi connectivity index (χ1v) is 9.69. The standard InChI is InChI=1S/C25H20FNO4/c1-15-13-17(11-12-20(15)26)23(28)21-22(16-7-6-10-19(14-16)31-2)27(25(30)24(21)29)18-8-4-3-5-9-18/h3-14,22,28H,1-2H3/b23-21-. The Labute approximate surface area is 179 Å². The summed E-state index contributed by atoms with van der Waals surface area (Å²) in [5.74, 6) is -1.79. The van der Waals surface area contributed by atoms with Crippen molar-refractivity contribution in [2.24, 2.45) is 0 Å². The predicted molar refractivity (Wildman–Crippen MR) is 115 cm³/mol. The number of benzene rings is 3. The molecule has 0 aromatic heterocycles. The van der Waals surface area contributed by atoms with E-state index < -0.39 is 23.5 Å². The molecule has 6 heteroatoms. The van der Waals surface area contributed by atoms with Crippen LogP contribution in [0.1, 0.15) is 22.7 Å². The molecule has 1 atom stereocenters. The molecule has 1 N–H and O–H groups in total. The maximum absolute atomic E-state index is 13.7. The third-order valence-electron chi connectivity index (χ3n) is 5.32. The zero-order valence-electron chi connectivity index (χ0n) is 17.0. The van der Waals surface area contributed by atoms with E-state index in [-0.39, 0.29) is 16.9 Å². The zero-order valence-corrected chi connectivity index (χ0v) is 17.0. The predicted octanol–water partition coefficient (Wildman–Crippen LogP) is 4.77. The lowest BCUT2D eigenvalue weighted by molar-refractivity contribution is -0.132. The molecule has 156 valence electrons. The quantitative estimate of drug-likeness (QED) is 0.377. The van der Waals surface area contributed by atoms with Crippen molar-refractivity contribution in [2.75, 3.05) is 12.0 Å². The van der Waals surface area contributed by atoms with E-state index in [1.54, 1.807) is 55.5 Å². The number of nitrogens with zero attached hydrogens (tertiary/aromatic N) is 1. The van der Waals surface area contributed by atoms with E-state index in [0.717, 1.165) is 0 Å². The summed E-state index contributed by atoms with van der Waals surface area (Å²) in [5.41, 5.74) is 1.64. The van der Waals surface area contributed by atoms with Gasteiger partial charge in [-0.3, -0.25) is 14.5 Å². The minimum Gasteiger partial charge on any atom is -0.507 e. The van der Waals surface area contributed by atoms with Gasteiger partial charge in [-0.15, -0.1) is 0 Å². The number of Topliss-reactive ketones (excluding diaryl/α,β-unsaturated/α-hetero) is 1. The Morgan fingerprint density at radius 3 is 2.42 bits per heavy atom. The van der Waals surface area contributed by atoms with Gasteiger partial charge in [-0.25, -0.2) is 4.39 Å². The molecule has 1 amide bonds. The van der Waals surface area contributed by atoms with Crippen molar-refractivity contribution in [1.29, 1.82) is 0 Å². The van der Waals surface area contributed by atoms with Gasteiger partial charge >= 0.3 is 0 Å². The molecule has 5 nitrogen and oxygen atoms in total. The highest BCUT2D eigenvalue weighted by Gasteiger charge is 2.47. The number of aliphatic hydroxyl groups is 1. The number of carbonyl (C=O) groups excluding carboxylic acids is 2. The number of amides is 1. The number of anilines is 1. The highest BCUT2D eigenvalue weighted by molar-refractivity contribution is 6.51. The van der Waals surface area contributed by atoms with Gasteiger partial charge in [-0.05, 0) is 60.5 Å². The van der Waals surface area contributed by atoms with Crippen LogP contribution in [-0.4, -0.2) is 23.9 Å². The number of ketones is 1. The molecule has 0 saturated carbocycles. The molecule has 1 fully saturated rings. The molecule has 4 rings (SSSR count). The van der Waals surface area contributed by atoms with Crippen molar-refractivity contribution >= 4 is 23.1 Å². The van der Waals surface area contributed by atoms with Gasteiger partial charge < -0.3 is 9.84 Å². The van der Waals surface area contributed by atoms with Crippen LogP contribution in [-0.2, 0) is 9.59 Å². The lowest BCUT2D eigenvalue weighted by Gasteiger charge is -2.25. The Morgan fingerprint density at radius 2 is 1.74 bits per heavy atom. The van der Waals surface area contributed by atoms with Crippen LogP contribution in [0.2, 0.25) is 0 Å². The summed E-state index contributed by atoms with van der Waals surface area (Å²) < 4.78 is 19.1. The first-order chi connectivity index (χ1) is 14.9. The second kappa shape index (κ2) is 8.07. The van der Waals surface area contributed by atoms with Crippen LogP contribution in [0.5, 0.6) is 5.75 Å². The molecule has 1 heterocycles. The van der Waals surface area contributed by atoms with Crippen LogP contribution in [0, 0.1) is 12.7 Å². The fourth-order valence-electron chi connectivity index (χ4n) is 3.76. The monoisotopic (exact) mass is 417 g/mol. The SMILES string of the molecule is COc1cccc(C2/C(=C(/O)c3ccc(F)c(C)c3)C(=O)C(=O)N2c2ccccc2)c1. The van der Waals surface area contributed by atoms with Crippen LogP contribution in [0.15, 0.2) is 78.4 Å². The van der Waals surface area contributed by atoms with Crippen molar-refractivity contribution in [2.45, 2.75) is 13.0 Å². The molecular weight excluding hydrogens is 397 g/mol. The average Bonchev–Trinajstić information content (AvgIpc) is 3.06. The fraction of sp³-hybridized carbons (Fsp3) is 0.120. The summed E-state index contributed by atoms with van der Waals surface area (Å²) >= 11 is 0. The van der Waals surface area contributed by atoms with Gasteiger partial charge in [-0.1, -0.05) is 30.3 Å². The maximum Gasteiger partial charge on any atom is 0.300 e. The largest absolute Gasteiger partial charge is 0.507 e. The molecule has 0 bridgehead atoms. The summed E-state index contributed by atoms with van der Waals surface area (Å²) in [4.78, 5) is 27.5. The first-order valence-electron chi connectivity index (χ1n) is 9.69. The Hall–Kier alpha value is -3.93. The topological polar surface area (TPSA) is 66.8 Å². The molecule has 3 aromatic rings. The molecule has 1 aliphatic heterocycles. The van der Waals surface area contributed by atoms with Gasteiger partial charge in [-0.2, -0.15) is 0 Å². The highest BCUT2D eigenvalue weighted by Crippen LogP contribution is 2.42. The van der Waals surface area contributed by atoms with Gasteiger partial charge in [0.2, 0.25) is 0 Å². The van der Waals surface area contributed by atoms with E-state index in [4.69, 9.17) is 4.74 Å². The molecule has 31 heavy (non-hydrogen) atoms. The number of carbonyl (C=O) groups is 2.